The van der Waals surface area contributed by atoms with E-state index in [0.717, 1.165) is 11.1 Å². The van der Waals surface area contributed by atoms with Crippen molar-refractivity contribution in [3.05, 3.63) is 64.3 Å². The van der Waals surface area contributed by atoms with Crippen LogP contribution in [0.15, 0.2) is 36.4 Å². The standard InChI is InChI=1S/C24H25N3O5S/c1-13-9-14(2)23(28)18(10-13)20-19-21(26-25-20)24(29)27(16-7-8-33(30,31)12-16)22(19)15-5-4-6-17(11-15)32-3/h4-6,9-11,16,22,28H,7-8,12H2,1-3H3,(H,25,26). The number of aromatic nitrogens is 2. The van der Waals surface area contributed by atoms with Gasteiger partial charge in [-0.05, 0) is 55.2 Å². The van der Waals surface area contributed by atoms with Gasteiger partial charge in [0.25, 0.3) is 5.91 Å². The van der Waals surface area contributed by atoms with E-state index in [1.54, 1.807) is 12.0 Å². The summed E-state index contributed by atoms with van der Waals surface area (Å²) in [6, 6.07) is 10.1. The average Bonchev–Trinajstić information content (AvgIpc) is 3.44. The number of ether oxygens (including phenoxy) is 1. The van der Waals surface area contributed by atoms with Gasteiger partial charge in [-0.3, -0.25) is 9.89 Å². The van der Waals surface area contributed by atoms with Crippen LogP contribution in [0, 0.1) is 13.8 Å². The Balaban J connectivity index is 1.72. The van der Waals surface area contributed by atoms with Crippen LogP contribution in [-0.2, 0) is 9.84 Å². The molecule has 2 atom stereocenters. The zero-order chi connectivity index (χ0) is 23.5. The molecule has 8 nitrogen and oxygen atoms in total. The number of carbonyl (C=O) groups is 1. The topological polar surface area (TPSA) is 113 Å². The monoisotopic (exact) mass is 467 g/mol. The number of H-pyrrole nitrogens is 1. The molecular weight excluding hydrogens is 442 g/mol. The first-order valence-corrected chi connectivity index (χ1v) is 12.6. The Hall–Kier alpha value is -3.33. The van der Waals surface area contributed by atoms with Gasteiger partial charge in [0.15, 0.2) is 9.84 Å². The van der Waals surface area contributed by atoms with E-state index in [1.165, 1.54) is 0 Å². The molecule has 5 rings (SSSR count). The zero-order valence-corrected chi connectivity index (χ0v) is 19.4. The molecule has 3 heterocycles. The molecule has 3 aromatic rings. The van der Waals surface area contributed by atoms with Gasteiger partial charge in [-0.25, -0.2) is 8.42 Å². The molecule has 2 unspecified atom stereocenters. The van der Waals surface area contributed by atoms with Gasteiger partial charge in [0.2, 0.25) is 0 Å². The number of aromatic amines is 1. The largest absolute Gasteiger partial charge is 0.507 e. The highest BCUT2D eigenvalue weighted by Gasteiger charge is 2.48. The SMILES string of the molecule is COc1cccc(C2c3c(-c4cc(C)cc(C)c4O)n[nH]c3C(=O)N2C2CCS(=O)(=O)C2)c1. The van der Waals surface area contributed by atoms with Crippen molar-refractivity contribution in [2.24, 2.45) is 0 Å². The maximum absolute atomic E-state index is 13.6. The zero-order valence-electron chi connectivity index (χ0n) is 18.6. The number of aryl methyl sites for hydroxylation is 2. The Morgan fingerprint density at radius 3 is 2.70 bits per heavy atom. The summed E-state index contributed by atoms with van der Waals surface area (Å²) in [5.41, 5.74) is 4.43. The lowest BCUT2D eigenvalue weighted by Crippen LogP contribution is -2.40. The molecule has 0 spiro atoms. The molecule has 172 valence electrons. The molecule has 0 radical (unpaired) electrons. The van der Waals surface area contributed by atoms with Gasteiger partial charge in [-0.2, -0.15) is 5.10 Å². The third-order valence-corrected chi connectivity index (χ3v) is 8.27. The summed E-state index contributed by atoms with van der Waals surface area (Å²) in [6.07, 6.45) is 0.385. The quantitative estimate of drug-likeness (QED) is 0.610. The molecule has 0 aliphatic carbocycles. The minimum atomic E-state index is -3.21. The van der Waals surface area contributed by atoms with Crippen LogP contribution >= 0.6 is 0 Å². The third-order valence-electron chi connectivity index (χ3n) is 6.52. The number of methoxy groups -OCH3 is 1. The lowest BCUT2D eigenvalue weighted by Gasteiger charge is -2.31. The van der Waals surface area contributed by atoms with Crippen molar-refractivity contribution < 1.29 is 23.1 Å². The highest BCUT2D eigenvalue weighted by Crippen LogP contribution is 2.47. The van der Waals surface area contributed by atoms with Crippen molar-refractivity contribution in [2.45, 2.75) is 32.4 Å². The highest BCUT2D eigenvalue weighted by atomic mass is 32.2. The first-order valence-electron chi connectivity index (χ1n) is 10.8. The number of sulfone groups is 1. The summed E-state index contributed by atoms with van der Waals surface area (Å²) in [5, 5.41) is 18.1. The van der Waals surface area contributed by atoms with Crippen molar-refractivity contribution in [3.8, 4) is 22.8 Å². The molecule has 2 aliphatic heterocycles. The van der Waals surface area contributed by atoms with Crippen LogP contribution in [0.2, 0.25) is 0 Å². The fourth-order valence-corrected chi connectivity index (χ4v) is 6.73. The number of hydrogen-bond acceptors (Lipinski definition) is 6. The van der Waals surface area contributed by atoms with Gasteiger partial charge in [0.1, 0.15) is 22.9 Å². The molecule has 1 aromatic heterocycles. The van der Waals surface area contributed by atoms with Gasteiger partial charge in [0.05, 0.1) is 24.7 Å². The molecule has 9 heteroatoms. The van der Waals surface area contributed by atoms with Gasteiger partial charge in [0, 0.05) is 17.2 Å². The normalized spacial score (nSPS) is 21.4. The molecule has 1 saturated heterocycles. The smallest absolute Gasteiger partial charge is 0.273 e. The number of hydrogen-bond donors (Lipinski definition) is 2. The molecular formula is C24H25N3O5S. The Bertz CT molecular complexity index is 1380. The van der Waals surface area contributed by atoms with Crippen LogP contribution < -0.4 is 4.74 Å². The van der Waals surface area contributed by atoms with Crippen molar-refractivity contribution in [2.75, 3.05) is 18.6 Å². The molecule has 2 N–H and O–H groups in total. The van der Waals surface area contributed by atoms with E-state index in [0.29, 0.717) is 40.2 Å². The number of nitrogens with one attached hydrogen (secondary N) is 1. The van der Waals surface area contributed by atoms with Crippen molar-refractivity contribution in [1.29, 1.82) is 0 Å². The third kappa shape index (κ3) is 3.47. The minimum absolute atomic E-state index is 0.0587. The van der Waals surface area contributed by atoms with E-state index < -0.39 is 21.9 Å². The Kier molecular flexibility index (Phi) is 4.97. The van der Waals surface area contributed by atoms with Crippen LogP contribution in [0.4, 0.5) is 0 Å². The number of phenols is 1. The Morgan fingerprint density at radius 2 is 2.00 bits per heavy atom. The summed E-state index contributed by atoms with van der Waals surface area (Å²) in [7, 11) is -1.64. The number of benzene rings is 2. The van der Waals surface area contributed by atoms with Crippen LogP contribution in [-0.4, -0.2) is 59.2 Å². The highest BCUT2D eigenvalue weighted by molar-refractivity contribution is 7.91. The van der Waals surface area contributed by atoms with Crippen LogP contribution in [0.3, 0.4) is 0 Å². The number of aromatic hydroxyl groups is 1. The van der Waals surface area contributed by atoms with E-state index in [1.807, 2.05) is 50.2 Å². The number of nitrogens with zero attached hydrogens (tertiary/aromatic N) is 2. The summed E-state index contributed by atoms with van der Waals surface area (Å²) in [4.78, 5) is 15.2. The predicted octanol–water partition coefficient (Wildman–Crippen LogP) is 3.14. The van der Waals surface area contributed by atoms with Gasteiger partial charge in [-0.15, -0.1) is 0 Å². The molecule has 2 aromatic carbocycles. The van der Waals surface area contributed by atoms with Crippen LogP contribution in [0.5, 0.6) is 11.5 Å². The lowest BCUT2D eigenvalue weighted by atomic mass is 9.93. The van der Waals surface area contributed by atoms with Crippen molar-refractivity contribution in [3.63, 3.8) is 0 Å². The number of amides is 1. The molecule has 2 aliphatic rings. The van der Waals surface area contributed by atoms with Crippen molar-refractivity contribution in [1.82, 2.24) is 15.1 Å². The first-order chi connectivity index (χ1) is 15.7. The lowest BCUT2D eigenvalue weighted by molar-refractivity contribution is 0.0677. The number of fused-ring (bicyclic) bond motifs is 1. The second kappa shape index (κ2) is 7.62. The Labute approximate surface area is 192 Å². The number of phenolic OH excluding ortho intramolecular Hbond substituents is 1. The number of rotatable bonds is 4. The fourth-order valence-electron chi connectivity index (χ4n) is 5.02. The van der Waals surface area contributed by atoms with E-state index in [2.05, 4.69) is 10.2 Å². The fraction of sp³-hybridized carbons (Fsp3) is 0.333. The van der Waals surface area contributed by atoms with Gasteiger partial charge in [-0.1, -0.05) is 18.2 Å². The van der Waals surface area contributed by atoms with Gasteiger partial charge < -0.3 is 14.7 Å². The second-order valence-electron chi connectivity index (χ2n) is 8.79. The van der Waals surface area contributed by atoms with Gasteiger partial charge >= 0.3 is 0 Å². The Morgan fingerprint density at radius 1 is 1.21 bits per heavy atom. The molecule has 0 saturated carbocycles. The second-order valence-corrected chi connectivity index (χ2v) is 11.0. The number of carbonyl (C=O) groups excluding carboxylic acids is 1. The summed E-state index contributed by atoms with van der Waals surface area (Å²) >= 11 is 0. The van der Waals surface area contributed by atoms with E-state index in [-0.39, 0.29) is 23.2 Å². The predicted molar refractivity (Wildman–Crippen MR) is 123 cm³/mol. The van der Waals surface area contributed by atoms with E-state index >= 15 is 0 Å². The summed E-state index contributed by atoms with van der Waals surface area (Å²) in [6.45, 7) is 3.75. The molecule has 1 amide bonds. The maximum atomic E-state index is 13.6. The summed E-state index contributed by atoms with van der Waals surface area (Å²) in [5.74, 6) is 0.437. The van der Waals surface area contributed by atoms with E-state index in [9.17, 15) is 18.3 Å². The minimum Gasteiger partial charge on any atom is -0.507 e. The van der Waals surface area contributed by atoms with Crippen LogP contribution in [0.25, 0.3) is 11.3 Å². The maximum Gasteiger partial charge on any atom is 0.273 e. The molecule has 1 fully saturated rings. The van der Waals surface area contributed by atoms with E-state index in [4.69, 9.17) is 4.74 Å². The molecule has 33 heavy (non-hydrogen) atoms. The van der Waals surface area contributed by atoms with Crippen molar-refractivity contribution >= 4 is 15.7 Å². The first kappa shape index (κ1) is 21.5. The molecule has 0 bridgehead atoms. The van der Waals surface area contributed by atoms with Crippen LogP contribution in [0.1, 0.15) is 45.2 Å². The average molecular weight is 468 g/mol. The summed E-state index contributed by atoms with van der Waals surface area (Å²) < 4.78 is 29.9.